The van der Waals surface area contributed by atoms with Crippen molar-refractivity contribution in [1.29, 1.82) is 0 Å². The summed E-state index contributed by atoms with van der Waals surface area (Å²) in [6, 6.07) is 9.58. The summed E-state index contributed by atoms with van der Waals surface area (Å²) >= 11 is 6.03. The lowest BCUT2D eigenvalue weighted by molar-refractivity contribution is 0.297. The Morgan fingerprint density at radius 1 is 1.04 bits per heavy atom. The smallest absolute Gasteiger partial charge is 0.262 e. The van der Waals surface area contributed by atoms with Crippen LogP contribution in [0.2, 0.25) is 5.02 Å². The fourth-order valence-electron chi connectivity index (χ4n) is 2.18. The van der Waals surface area contributed by atoms with Gasteiger partial charge in [-0.25, -0.2) is 8.42 Å². The van der Waals surface area contributed by atoms with E-state index in [-0.39, 0.29) is 4.90 Å². The molecule has 122 valence electrons. The molecule has 0 atom stereocenters. The van der Waals surface area contributed by atoms with E-state index in [1.54, 1.807) is 24.3 Å². The molecule has 1 aliphatic rings. The van der Waals surface area contributed by atoms with Gasteiger partial charge >= 0.3 is 0 Å². The number of anilines is 1. The fourth-order valence-corrected chi connectivity index (χ4v) is 3.43. The molecule has 7 heteroatoms. The molecule has 0 spiro atoms. The Balaban J connectivity index is 1.90. The van der Waals surface area contributed by atoms with Crippen molar-refractivity contribution in [3.05, 3.63) is 47.0 Å². The molecule has 0 fully saturated rings. The van der Waals surface area contributed by atoms with Gasteiger partial charge in [-0.05, 0) is 36.8 Å². The Kier molecular flexibility index (Phi) is 4.37. The van der Waals surface area contributed by atoms with Crippen molar-refractivity contribution in [2.24, 2.45) is 0 Å². The molecule has 1 aliphatic heterocycles. The molecule has 0 unspecified atom stereocenters. The molecule has 23 heavy (non-hydrogen) atoms. The Labute approximate surface area is 140 Å². The Morgan fingerprint density at radius 2 is 1.78 bits per heavy atom. The number of benzene rings is 2. The van der Waals surface area contributed by atoms with Gasteiger partial charge in [0.15, 0.2) is 11.5 Å². The lowest BCUT2D eigenvalue weighted by Crippen LogP contribution is -2.13. The van der Waals surface area contributed by atoms with Crippen LogP contribution in [0.15, 0.2) is 41.3 Å². The highest BCUT2D eigenvalue weighted by atomic mass is 35.5. The van der Waals surface area contributed by atoms with Crippen LogP contribution in [-0.2, 0) is 10.0 Å². The number of hydrogen-bond acceptors (Lipinski definition) is 4. The average molecular weight is 354 g/mol. The zero-order chi connectivity index (χ0) is 16.4. The summed E-state index contributed by atoms with van der Waals surface area (Å²) in [5, 5.41) is 0.504. The zero-order valence-electron chi connectivity index (χ0n) is 12.5. The van der Waals surface area contributed by atoms with Crippen LogP contribution >= 0.6 is 11.6 Å². The molecule has 2 aromatic carbocycles. The molecule has 3 rings (SSSR count). The van der Waals surface area contributed by atoms with Gasteiger partial charge in [-0.1, -0.05) is 17.7 Å². The van der Waals surface area contributed by atoms with Gasteiger partial charge in [0, 0.05) is 17.5 Å². The summed E-state index contributed by atoms with van der Waals surface area (Å²) in [6.45, 7) is 2.90. The van der Waals surface area contributed by atoms with Crippen molar-refractivity contribution < 1.29 is 17.9 Å². The third-order valence-electron chi connectivity index (χ3n) is 3.45. The van der Waals surface area contributed by atoms with Crippen molar-refractivity contribution in [3.63, 3.8) is 0 Å². The molecule has 0 saturated carbocycles. The minimum atomic E-state index is -3.73. The number of sulfonamides is 1. The second-order valence-electron chi connectivity index (χ2n) is 5.23. The van der Waals surface area contributed by atoms with E-state index < -0.39 is 10.0 Å². The minimum absolute atomic E-state index is 0.110. The van der Waals surface area contributed by atoms with Crippen molar-refractivity contribution in [2.45, 2.75) is 18.2 Å². The van der Waals surface area contributed by atoms with Crippen molar-refractivity contribution in [2.75, 3.05) is 17.9 Å². The molecule has 5 nitrogen and oxygen atoms in total. The summed E-state index contributed by atoms with van der Waals surface area (Å²) in [4.78, 5) is 0.110. The Hall–Kier alpha value is -1.92. The molecule has 0 aliphatic carbocycles. The van der Waals surface area contributed by atoms with E-state index in [0.29, 0.717) is 35.4 Å². The summed E-state index contributed by atoms with van der Waals surface area (Å²) in [5.41, 5.74) is 1.29. The monoisotopic (exact) mass is 353 g/mol. The molecular formula is C16H16ClNO4S. The quantitative estimate of drug-likeness (QED) is 0.915. The molecule has 0 bridgehead atoms. The van der Waals surface area contributed by atoms with Crippen LogP contribution in [0, 0.1) is 6.92 Å². The number of fused-ring (bicyclic) bond motifs is 1. The van der Waals surface area contributed by atoms with E-state index in [4.69, 9.17) is 21.1 Å². The first-order valence-electron chi connectivity index (χ1n) is 7.14. The highest BCUT2D eigenvalue weighted by Gasteiger charge is 2.19. The van der Waals surface area contributed by atoms with Gasteiger partial charge in [-0.2, -0.15) is 0 Å². The summed E-state index contributed by atoms with van der Waals surface area (Å²) in [6.07, 6.45) is 0.761. The van der Waals surface area contributed by atoms with Crippen LogP contribution in [-0.4, -0.2) is 21.6 Å². The highest BCUT2D eigenvalue weighted by molar-refractivity contribution is 7.92. The lowest BCUT2D eigenvalue weighted by atomic mass is 10.2. The first-order valence-corrected chi connectivity index (χ1v) is 9.00. The van der Waals surface area contributed by atoms with E-state index in [9.17, 15) is 8.42 Å². The number of hydrogen-bond donors (Lipinski definition) is 1. The van der Waals surface area contributed by atoms with Crippen molar-refractivity contribution in [3.8, 4) is 11.5 Å². The third-order valence-corrected chi connectivity index (χ3v) is 5.24. The van der Waals surface area contributed by atoms with Crippen molar-refractivity contribution in [1.82, 2.24) is 0 Å². The molecule has 0 radical (unpaired) electrons. The van der Waals surface area contributed by atoms with Crippen LogP contribution in [0.5, 0.6) is 11.5 Å². The van der Waals surface area contributed by atoms with Crippen LogP contribution in [0.4, 0.5) is 5.69 Å². The fraction of sp³-hybridized carbons (Fsp3) is 0.250. The number of halogens is 1. The van der Waals surface area contributed by atoms with Gasteiger partial charge in [0.05, 0.1) is 23.8 Å². The average Bonchev–Trinajstić information content (AvgIpc) is 2.75. The topological polar surface area (TPSA) is 64.6 Å². The number of ether oxygens (including phenoxy) is 2. The van der Waals surface area contributed by atoms with E-state index in [1.165, 1.54) is 12.1 Å². The highest BCUT2D eigenvalue weighted by Crippen LogP contribution is 2.32. The molecule has 0 amide bonds. The standard InChI is InChI=1S/C16H16ClNO4S/c1-11-3-4-12(9-14(11)17)18-23(19,20)13-5-6-15-16(10-13)22-8-2-7-21-15/h3-6,9-10,18H,2,7-8H2,1H3. The number of aryl methyl sites for hydroxylation is 1. The van der Waals surface area contributed by atoms with Crippen molar-refractivity contribution >= 4 is 27.3 Å². The zero-order valence-corrected chi connectivity index (χ0v) is 14.1. The first kappa shape index (κ1) is 16.0. The number of nitrogens with one attached hydrogen (secondary N) is 1. The minimum Gasteiger partial charge on any atom is -0.490 e. The largest absolute Gasteiger partial charge is 0.490 e. The van der Waals surface area contributed by atoms with Crippen LogP contribution in [0.25, 0.3) is 0 Å². The Morgan fingerprint density at radius 3 is 2.52 bits per heavy atom. The maximum Gasteiger partial charge on any atom is 0.262 e. The van der Waals surface area contributed by atoms with Crippen LogP contribution in [0.3, 0.4) is 0 Å². The SMILES string of the molecule is Cc1ccc(NS(=O)(=O)c2ccc3c(c2)OCCCO3)cc1Cl. The molecule has 2 aromatic rings. The van der Waals surface area contributed by atoms with Gasteiger partial charge in [-0.3, -0.25) is 4.72 Å². The molecule has 0 saturated heterocycles. The van der Waals surface area contributed by atoms with Gasteiger partial charge in [0.1, 0.15) is 0 Å². The van der Waals surface area contributed by atoms with Crippen LogP contribution in [0.1, 0.15) is 12.0 Å². The van der Waals surface area contributed by atoms with Gasteiger partial charge in [0.2, 0.25) is 0 Å². The summed E-state index contributed by atoms with van der Waals surface area (Å²) in [5.74, 6) is 0.993. The maximum absolute atomic E-state index is 12.5. The molecule has 1 N–H and O–H groups in total. The van der Waals surface area contributed by atoms with E-state index in [2.05, 4.69) is 4.72 Å². The summed E-state index contributed by atoms with van der Waals surface area (Å²) < 4.78 is 38.6. The third kappa shape index (κ3) is 3.54. The molecule has 1 heterocycles. The van der Waals surface area contributed by atoms with Gasteiger partial charge in [0.25, 0.3) is 10.0 Å². The van der Waals surface area contributed by atoms with Gasteiger partial charge < -0.3 is 9.47 Å². The lowest BCUT2D eigenvalue weighted by Gasteiger charge is -2.12. The second kappa shape index (κ2) is 6.29. The normalized spacial score (nSPS) is 14.2. The van der Waals surface area contributed by atoms with E-state index >= 15 is 0 Å². The maximum atomic E-state index is 12.5. The Bertz CT molecular complexity index is 836. The second-order valence-corrected chi connectivity index (χ2v) is 7.32. The predicted octanol–water partition coefficient (Wildman–Crippen LogP) is 3.61. The predicted molar refractivity (Wildman–Crippen MR) is 89.0 cm³/mol. The number of rotatable bonds is 3. The molecule has 0 aromatic heterocycles. The van der Waals surface area contributed by atoms with Crippen LogP contribution < -0.4 is 14.2 Å². The summed E-state index contributed by atoms with van der Waals surface area (Å²) in [7, 11) is -3.73. The van der Waals surface area contributed by atoms with E-state index in [0.717, 1.165) is 12.0 Å². The molecular weight excluding hydrogens is 338 g/mol. The van der Waals surface area contributed by atoms with E-state index in [1.807, 2.05) is 6.92 Å². The van der Waals surface area contributed by atoms with Gasteiger partial charge in [-0.15, -0.1) is 0 Å². The first-order chi connectivity index (χ1) is 11.0.